The average molecular weight is 436 g/mol. The van der Waals surface area contributed by atoms with Crippen molar-refractivity contribution < 1.29 is 13.2 Å². The third-order valence-corrected chi connectivity index (χ3v) is 4.64. The summed E-state index contributed by atoms with van der Waals surface area (Å²) < 4.78 is 38.5. The SMILES string of the molecule is CC.CCCN(C)Cc1ccc(C)cc1C(F)(F)F.Cc1ccc(N=C2CC2)cc1N. The van der Waals surface area contributed by atoms with E-state index in [4.69, 9.17) is 5.73 Å². The molecule has 2 aromatic rings. The Balaban J connectivity index is 0.000000300. The van der Waals surface area contributed by atoms with E-state index in [0.29, 0.717) is 17.7 Å². The van der Waals surface area contributed by atoms with E-state index < -0.39 is 11.7 Å². The van der Waals surface area contributed by atoms with E-state index in [1.165, 1.54) is 11.8 Å². The van der Waals surface area contributed by atoms with Crippen molar-refractivity contribution in [3.63, 3.8) is 0 Å². The molecule has 0 aliphatic heterocycles. The van der Waals surface area contributed by atoms with Gasteiger partial charge in [0.1, 0.15) is 0 Å². The fourth-order valence-corrected chi connectivity index (χ4v) is 2.89. The summed E-state index contributed by atoms with van der Waals surface area (Å²) in [6.07, 6.45) is -1.01. The van der Waals surface area contributed by atoms with Gasteiger partial charge in [-0.1, -0.05) is 44.5 Å². The van der Waals surface area contributed by atoms with Crippen LogP contribution in [0.3, 0.4) is 0 Å². The van der Waals surface area contributed by atoms with E-state index in [1.807, 2.05) is 57.8 Å². The van der Waals surface area contributed by atoms with Gasteiger partial charge in [0.25, 0.3) is 0 Å². The van der Waals surface area contributed by atoms with Crippen LogP contribution in [-0.2, 0) is 12.7 Å². The Bertz CT molecular complexity index is 852. The van der Waals surface area contributed by atoms with Crippen LogP contribution in [0.25, 0.3) is 0 Å². The van der Waals surface area contributed by atoms with E-state index in [-0.39, 0.29) is 0 Å². The summed E-state index contributed by atoms with van der Waals surface area (Å²) >= 11 is 0. The molecular formula is C25H36F3N3. The summed E-state index contributed by atoms with van der Waals surface area (Å²) in [5.41, 5.74) is 10.5. The van der Waals surface area contributed by atoms with Gasteiger partial charge in [-0.25, -0.2) is 0 Å². The normalized spacial score (nSPS) is 12.5. The topological polar surface area (TPSA) is 41.6 Å². The molecule has 0 atom stereocenters. The predicted octanol–water partition coefficient (Wildman–Crippen LogP) is 7.33. The summed E-state index contributed by atoms with van der Waals surface area (Å²) in [5, 5.41) is 0. The summed E-state index contributed by atoms with van der Waals surface area (Å²) in [6, 6.07) is 10.5. The van der Waals surface area contributed by atoms with Crippen molar-refractivity contribution in [2.45, 2.75) is 66.6 Å². The lowest BCUT2D eigenvalue weighted by Crippen LogP contribution is -2.21. The highest BCUT2D eigenvalue weighted by molar-refractivity contribution is 5.99. The van der Waals surface area contributed by atoms with Crippen molar-refractivity contribution in [1.29, 1.82) is 0 Å². The van der Waals surface area contributed by atoms with Gasteiger partial charge in [0, 0.05) is 17.9 Å². The minimum atomic E-state index is -4.27. The number of halogens is 3. The molecule has 31 heavy (non-hydrogen) atoms. The van der Waals surface area contributed by atoms with E-state index in [9.17, 15) is 13.2 Å². The van der Waals surface area contributed by atoms with E-state index in [0.717, 1.165) is 42.7 Å². The monoisotopic (exact) mass is 435 g/mol. The van der Waals surface area contributed by atoms with Gasteiger partial charge in [0.15, 0.2) is 0 Å². The molecule has 0 unspecified atom stereocenters. The third kappa shape index (κ3) is 9.55. The van der Waals surface area contributed by atoms with Crippen molar-refractivity contribution in [3.05, 3.63) is 58.7 Å². The largest absolute Gasteiger partial charge is 0.416 e. The predicted molar refractivity (Wildman–Crippen MR) is 126 cm³/mol. The van der Waals surface area contributed by atoms with Crippen LogP contribution in [0.2, 0.25) is 0 Å². The quantitative estimate of drug-likeness (QED) is 0.500. The molecule has 0 spiro atoms. The zero-order valence-electron chi connectivity index (χ0n) is 19.6. The van der Waals surface area contributed by atoms with E-state index >= 15 is 0 Å². The highest BCUT2D eigenvalue weighted by Gasteiger charge is 2.33. The van der Waals surface area contributed by atoms with Gasteiger partial charge in [0.2, 0.25) is 0 Å². The van der Waals surface area contributed by atoms with Crippen molar-refractivity contribution in [2.75, 3.05) is 19.3 Å². The first-order chi connectivity index (χ1) is 14.6. The first kappa shape index (κ1) is 26.7. The van der Waals surface area contributed by atoms with Gasteiger partial charge < -0.3 is 10.6 Å². The fourth-order valence-electron chi connectivity index (χ4n) is 2.89. The summed E-state index contributed by atoms with van der Waals surface area (Å²) in [4.78, 5) is 6.31. The number of nitrogens with two attached hydrogens (primary N) is 1. The van der Waals surface area contributed by atoms with Gasteiger partial charge in [-0.05, 0) is 76.0 Å². The molecular weight excluding hydrogens is 399 g/mol. The van der Waals surface area contributed by atoms with Crippen LogP contribution < -0.4 is 5.73 Å². The second-order valence-corrected chi connectivity index (χ2v) is 7.62. The van der Waals surface area contributed by atoms with Gasteiger partial charge in [-0.15, -0.1) is 0 Å². The number of benzene rings is 2. The zero-order valence-corrected chi connectivity index (χ0v) is 19.6. The number of alkyl halides is 3. The molecule has 6 heteroatoms. The zero-order chi connectivity index (χ0) is 23.6. The minimum absolute atomic E-state index is 0.336. The van der Waals surface area contributed by atoms with Crippen molar-refractivity contribution in [2.24, 2.45) is 4.99 Å². The number of nitrogen functional groups attached to an aromatic ring is 1. The average Bonchev–Trinajstić information content (AvgIpc) is 3.52. The Hall–Kier alpha value is -2.34. The molecule has 1 aliphatic rings. The van der Waals surface area contributed by atoms with E-state index in [1.54, 1.807) is 19.1 Å². The molecule has 0 amide bonds. The molecule has 0 saturated heterocycles. The van der Waals surface area contributed by atoms with Crippen LogP contribution in [0, 0.1) is 13.8 Å². The van der Waals surface area contributed by atoms with Crippen molar-refractivity contribution in [3.8, 4) is 0 Å². The van der Waals surface area contributed by atoms with E-state index in [2.05, 4.69) is 4.99 Å². The molecule has 2 N–H and O–H groups in total. The van der Waals surface area contributed by atoms with Crippen molar-refractivity contribution in [1.82, 2.24) is 4.90 Å². The summed E-state index contributed by atoms with van der Waals surface area (Å²) in [6.45, 7) is 10.8. The highest BCUT2D eigenvalue weighted by atomic mass is 19.4. The number of aliphatic imine (C=N–C) groups is 1. The Morgan fingerprint density at radius 3 is 2.19 bits per heavy atom. The number of anilines is 1. The number of aryl methyl sites for hydroxylation is 2. The minimum Gasteiger partial charge on any atom is -0.398 e. The molecule has 3 nitrogen and oxygen atoms in total. The second-order valence-electron chi connectivity index (χ2n) is 7.62. The summed E-state index contributed by atoms with van der Waals surface area (Å²) in [7, 11) is 1.84. The molecule has 1 saturated carbocycles. The van der Waals surface area contributed by atoms with Gasteiger partial charge in [0.05, 0.1) is 11.3 Å². The maximum absolute atomic E-state index is 12.8. The van der Waals surface area contributed by atoms with Gasteiger partial charge >= 0.3 is 6.18 Å². The Kier molecular flexibility index (Phi) is 10.8. The second kappa shape index (κ2) is 12.5. The molecule has 172 valence electrons. The van der Waals surface area contributed by atoms with Crippen LogP contribution in [0.4, 0.5) is 24.5 Å². The molecule has 0 heterocycles. The first-order valence-electron chi connectivity index (χ1n) is 10.9. The first-order valence-corrected chi connectivity index (χ1v) is 10.9. The Morgan fingerprint density at radius 2 is 1.68 bits per heavy atom. The number of rotatable bonds is 5. The van der Waals surface area contributed by atoms with Gasteiger partial charge in [-0.2, -0.15) is 13.2 Å². The molecule has 1 aliphatic carbocycles. The maximum Gasteiger partial charge on any atom is 0.416 e. The maximum atomic E-state index is 12.8. The summed E-state index contributed by atoms with van der Waals surface area (Å²) in [5.74, 6) is 0. The van der Waals surface area contributed by atoms with Crippen LogP contribution in [0.5, 0.6) is 0 Å². The standard InChI is InChI=1S/C13H18F3N.C10H12N2.C2H6/c1-4-7-17(3)9-11-6-5-10(2)8-12(11)13(14,15)16;1-7-2-3-9(6-10(7)11)12-8-4-5-8;1-2/h5-6,8H,4,7,9H2,1-3H3;2-3,6H,4-5,11H2,1H3;1-2H3. The number of hydrogen-bond donors (Lipinski definition) is 1. The molecule has 2 aromatic carbocycles. The van der Waals surface area contributed by atoms with Crippen LogP contribution in [0.15, 0.2) is 41.4 Å². The molecule has 0 bridgehead atoms. The lowest BCUT2D eigenvalue weighted by atomic mass is 10.0. The fraction of sp³-hybridized carbons (Fsp3) is 0.480. The number of hydrogen-bond acceptors (Lipinski definition) is 3. The van der Waals surface area contributed by atoms with Crippen molar-refractivity contribution >= 4 is 17.1 Å². The molecule has 0 aromatic heterocycles. The Labute approximate surface area is 185 Å². The van der Waals surface area contributed by atoms with Crippen LogP contribution >= 0.6 is 0 Å². The smallest absolute Gasteiger partial charge is 0.398 e. The lowest BCUT2D eigenvalue weighted by molar-refractivity contribution is -0.138. The number of nitrogens with zero attached hydrogens (tertiary/aromatic N) is 2. The molecule has 3 rings (SSSR count). The molecule has 1 fully saturated rings. The highest BCUT2D eigenvalue weighted by Crippen LogP contribution is 2.33. The molecule has 0 radical (unpaired) electrons. The third-order valence-electron chi connectivity index (χ3n) is 4.64. The Morgan fingerprint density at radius 1 is 1.03 bits per heavy atom. The van der Waals surface area contributed by atoms with Crippen LogP contribution in [0.1, 0.15) is 62.3 Å². The van der Waals surface area contributed by atoms with Crippen LogP contribution in [-0.4, -0.2) is 24.2 Å². The van der Waals surface area contributed by atoms with Gasteiger partial charge in [-0.3, -0.25) is 4.99 Å². The lowest BCUT2D eigenvalue weighted by Gasteiger charge is -2.19.